The molecule has 0 amide bonds. The van der Waals surface area contributed by atoms with Gasteiger partial charge >= 0.3 is 0 Å². The van der Waals surface area contributed by atoms with E-state index < -0.39 is 0 Å². The van der Waals surface area contributed by atoms with Gasteiger partial charge in [-0.25, -0.2) is 9.97 Å². The van der Waals surface area contributed by atoms with Gasteiger partial charge < -0.3 is 20.2 Å². The van der Waals surface area contributed by atoms with Crippen LogP contribution in [-0.2, 0) is 0 Å². The smallest absolute Gasteiger partial charge is 0.0662 e. The van der Waals surface area contributed by atoms with E-state index in [1.54, 1.807) is 0 Å². The maximum absolute atomic E-state index is 7.62. The molecule has 6 heteroatoms. The number of fused-ring (bicyclic) bond motifs is 8. The van der Waals surface area contributed by atoms with Crippen molar-refractivity contribution in [1.82, 2.24) is 19.9 Å². The molecule has 0 spiro atoms. The molecule has 0 atom stereocenters. The van der Waals surface area contributed by atoms with Gasteiger partial charge in [0.05, 0.1) is 36.0 Å². The first-order chi connectivity index (χ1) is 13.7. The van der Waals surface area contributed by atoms with Gasteiger partial charge in [0.15, 0.2) is 0 Å². The minimum absolute atomic E-state index is 0.125. The van der Waals surface area contributed by atoms with E-state index in [-0.39, 0.29) is 13.2 Å². The number of aromatic nitrogens is 4. The van der Waals surface area contributed by atoms with Crippen LogP contribution in [-0.4, -0.2) is 43.4 Å². The second kappa shape index (κ2) is 8.04. The summed E-state index contributed by atoms with van der Waals surface area (Å²) in [6, 6.07) is 16.4. The lowest BCUT2D eigenvalue weighted by Gasteiger charge is -1.85. The summed E-state index contributed by atoms with van der Waals surface area (Å²) in [5, 5.41) is 15.2. The normalized spacial score (nSPS) is 11.9. The van der Waals surface area contributed by atoms with Gasteiger partial charge in [-0.15, -0.1) is 0 Å². The van der Waals surface area contributed by atoms with Crippen LogP contribution in [0.15, 0.2) is 48.5 Å². The first-order valence-corrected chi connectivity index (χ1v) is 8.98. The van der Waals surface area contributed by atoms with E-state index in [1.807, 2.05) is 48.6 Å². The Labute approximate surface area is 161 Å². The van der Waals surface area contributed by atoms with Crippen molar-refractivity contribution in [3.8, 4) is 0 Å². The molecule has 8 bridgehead atoms. The Morgan fingerprint density at radius 3 is 1.07 bits per heavy atom. The number of aliphatic hydroxyl groups is 2. The number of hydrogen-bond acceptors (Lipinski definition) is 4. The van der Waals surface area contributed by atoms with E-state index in [9.17, 15) is 0 Å². The number of rotatable bonds is 1. The number of nitrogens with one attached hydrogen (secondary N) is 2. The van der Waals surface area contributed by atoms with Gasteiger partial charge in [-0.1, -0.05) is 0 Å². The van der Waals surface area contributed by atoms with E-state index in [0.29, 0.717) is 0 Å². The number of hydrogen-bond donors (Lipinski definition) is 4. The van der Waals surface area contributed by atoms with Crippen LogP contribution < -0.4 is 0 Å². The summed E-state index contributed by atoms with van der Waals surface area (Å²) in [7, 11) is 0. The van der Waals surface area contributed by atoms with Crippen molar-refractivity contribution in [3.05, 3.63) is 71.3 Å². The zero-order valence-electron chi connectivity index (χ0n) is 15.1. The fourth-order valence-electron chi connectivity index (χ4n) is 2.94. The van der Waals surface area contributed by atoms with Crippen molar-refractivity contribution in [2.45, 2.75) is 0 Å². The van der Waals surface area contributed by atoms with Crippen molar-refractivity contribution >= 4 is 46.4 Å². The van der Waals surface area contributed by atoms with Gasteiger partial charge in [0.1, 0.15) is 0 Å². The molecule has 0 aromatic carbocycles. The molecule has 0 unspecified atom stereocenters. The van der Waals surface area contributed by atoms with Gasteiger partial charge in [0, 0.05) is 22.1 Å². The van der Waals surface area contributed by atoms with Gasteiger partial charge in [-0.05, 0) is 72.8 Å². The molecule has 3 aromatic rings. The van der Waals surface area contributed by atoms with Crippen LogP contribution in [0.5, 0.6) is 0 Å². The molecule has 5 heterocycles. The van der Waals surface area contributed by atoms with Crippen LogP contribution in [0.1, 0.15) is 22.8 Å². The van der Waals surface area contributed by atoms with E-state index in [2.05, 4.69) is 44.2 Å². The fraction of sp³-hybridized carbons (Fsp3) is 0.0909. The predicted octanol–water partition coefficient (Wildman–Crippen LogP) is 3.63. The Balaban J connectivity index is 0.000000442. The largest absolute Gasteiger partial charge is 0.394 e. The molecule has 140 valence electrons. The molecule has 2 aliphatic heterocycles. The van der Waals surface area contributed by atoms with Crippen molar-refractivity contribution in [1.29, 1.82) is 0 Å². The van der Waals surface area contributed by atoms with Crippen LogP contribution >= 0.6 is 0 Å². The third kappa shape index (κ3) is 4.25. The van der Waals surface area contributed by atoms with E-state index in [0.717, 1.165) is 44.8 Å². The molecule has 0 saturated carbocycles. The Hall–Kier alpha value is -3.48. The highest BCUT2D eigenvalue weighted by Crippen LogP contribution is 2.16. The SMILES string of the molecule is C1=Cc2cc3ccc(cc4nc(cc5ccc(cc1n2)[nH]5)C=C4)[nH]3.OCCO. The number of aliphatic hydroxyl groups excluding tert-OH is 2. The number of H-pyrrole nitrogens is 2. The first kappa shape index (κ1) is 17.9. The minimum Gasteiger partial charge on any atom is -0.394 e. The predicted molar refractivity (Wildman–Crippen MR) is 113 cm³/mol. The Kier molecular flexibility index (Phi) is 5.14. The second-order valence-electron chi connectivity index (χ2n) is 6.35. The average Bonchev–Trinajstić information content (AvgIpc) is 3.47. The molecule has 0 saturated heterocycles. The lowest BCUT2D eigenvalue weighted by molar-refractivity contribution is 0.186. The van der Waals surface area contributed by atoms with Gasteiger partial charge in [-0.2, -0.15) is 0 Å². The molecule has 0 aliphatic carbocycles. The summed E-state index contributed by atoms with van der Waals surface area (Å²) in [6.07, 6.45) is 8.09. The van der Waals surface area contributed by atoms with Crippen molar-refractivity contribution in [3.63, 3.8) is 0 Å². The Morgan fingerprint density at radius 1 is 0.536 bits per heavy atom. The number of aromatic amines is 2. The molecule has 6 nitrogen and oxygen atoms in total. The van der Waals surface area contributed by atoms with Crippen molar-refractivity contribution in [2.24, 2.45) is 0 Å². The molecule has 2 aliphatic rings. The van der Waals surface area contributed by atoms with Gasteiger partial charge in [0.25, 0.3) is 0 Å². The summed E-state index contributed by atoms with van der Waals surface area (Å²) in [4.78, 5) is 16.0. The third-order valence-electron chi connectivity index (χ3n) is 4.14. The molecule has 4 N–H and O–H groups in total. The van der Waals surface area contributed by atoms with Crippen LogP contribution in [0.2, 0.25) is 0 Å². The number of nitrogens with zero attached hydrogens (tertiary/aromatic N) is 2. The van der Waals surface area contributed by atoms with E-state index >= 15 is 0 Å². The third-order valence-corrected chi connectivity index (χ3v) is 4.14. The maximum atomic E-state index is 7.62. The van der Waals surface area contributed by atoms with Gasteiger partial charge in [0.2, 0.25) is 0 Å². The summed E-state index contributed by atoms with van der Waals surface area (Å²) < 4.78 is 0. The molecule has 5 rings (SSSR count). The summed E-state index contributed by atoms with van der Waals surface area (Å²) >= 11 is 0. The lowest BCUT2D eigenvalue weighted by atomic mass is 10.3. The van der Waals surface area contributed by atoms with E-state index in [1.165, 1.54) is 0 Å². The minimum atomic E-state index is -0.125. The average molecular weight is 372 g/mol. The van der Waals surface area contributed by atoms with Crippen LogP contribution in [0.25, 0.3) is 46.4 Å². The standard InChI is InChI=1S/C20H14N4.C2H6O2/c1-2-14-10-16-5-6-18(23-16)12-20-8-7-19(24-20)11-17-4-3-15(22-17)9-13(1)21-14;3-1-2-4/h1-12,21,24H;3-4H,1-2H2. The molecule has 0 radical (unpaired) electrons. The topological polar surface area (TPSA) is 97.8 Å². The zero-order valence-corrected chi connectivity index (χ0v) is 15.1. The molecular weight excluding hydrogens is 352 g/mol. The van der Waals surface area contributed by atoms with Crippen LogP contribution in [0, 0.1) is 0 Å². The quantitative estimate of drug-likeness (QED) is 0.361. The maximum Gasteiger partial charge on any atom is 0.0662 e. The molecule has 3 aromatic heterocycles. The highest BCUT2D eigenvalue weighted by Gasteiger charge is 2.01. The summed E-state index contributed by atoms with van der Waals surface area (Å²) in [5.74, 6) is 0. The first-order valence-electron chi connectivity index (χ1n) is 8.98. The second-order valence-corrected chi connectivity index (χ2v) is 6.35. The lowest BCUT2D eigenvalue weighted by Crippen LogP contribution is -1.85. The molecule has 0 fully saturated rings. The van der Waals surface area contributed by atoms with E-state index in [4.69, 9.17) is 10.2 Å². The fourth-order valence-corrected chi connectivity index (χ4v) is 2.94. The zero-order chi connectivity index (χ0) is 19.3. The molecule has 28 heavy (non-hydrogen) atoms. The Morgan fingerprint density at radius 2 is 0.821 bits per heavy atom. The molecular formula is C22H20N4O2. The van der Waals surface area contributed by atoms with Crippen LogP contribution in [0.3, 0.4) is 0 Å². The monoisotopic (exact) mass is 372 g/mol. The van der Waals surface area contributed by atoms with Crippen molar-refractivity contribution < 1.29 is 10.2 Å². The van der Waals surface area contributed by atoms with Crippen LogP contribution in [0.4, 0.5) is 0 Å². The van der Waals surface area contributed by atoms with Crippen molar-refractivity contribution in [2.75, 3.05) is 13.2 Å². The highest BCUT2D eigenvalue weighted by atomic mass is 16.3. The highest BCUT2D eigenvalue weighted by molar-refractivity contribution is 5.77. The van der Waals surface area contributed by atoms with Gasteiger partial charge in [-0.3, -0.25) is 0 Å². The summed E-state index contributed by atoms with van der Waals surface area (Å²) in [5.41, 5.74) is 7.86. The Bertz CT molecular complexity index is 1020. The summed E-state index contributed by atoms with van der Waals surface area (Å²) in [6.45, 7) is -0.250.